The first-order valence-electron chi connectivity index (χ1n) is 7.75. The van der Waals surface area contributed by atoms with E-state index in [1.54, 1.807) is 12.1 Å². The fourth-order valence-corrected chi connectivity index (χ4v) is 3.11. The summed E-state index contributed by atoms with van der Waals surface area (Å²) in [6.45, 7) is 2.23. The van der Waals surface area contributed by atoms with Crippen molar-refractivity contribution >= 4 is 21.6 Å². The lowest BCUT2D eigenvalue weighted by molar-refractivity contribution is -0.116. The molecule has 0 spiro atoms. The quantitative estimate of drug-likeness (QED) is 0.794. The van der Waals surface area contributed by atoms with E-state index in [2.05, 4.69) is 5.32 Å². The summed E-state index contributed by atoms with van der Waals surface area (Å²) < 4.78 is 30.2. The van der Waals surface area contributed by atoms with Gasteiger partial charge in [0.1, 0.15) is 5.76 Å². The van der Waals surface area contributed by atoms with Crippen molar-refractivity contribution in [3.63, 3.8) is 0 Å². The Hall–Kier alpha value is -2.12. The average molecular weight is 350 g/mol. The minimum absolute atomic E-state index is 0.0752. The maximum Gasteiger partial charge on any atom is 0.225 e. The van der Waals surface area contributed by atoms with E-state index >= 15 is 0 Å². The number of sulfonamides is 1. The van der Waals surface area contributed by atoms with Crippen LogP contribution < -0.4 is 5.32 Å². The molecule has 1 heterocycles. The van der Waals surface area contributed by atoms with Gasteiger partial charge in [-0.1, -0.05) is 25.1 Å². The maximum atomic E-state index is 12.2. The molecular weight excluding hydrogens is 328 g/mol. The SMILES string of the molecule is CCc1ccccc1NC(=O)CCN(Cc1ccco1)S(C)(=O)=O. The van der Waals surface area contributed by atoms with Gasteiger partial charge in [-0.3, -0.25) is 4.79 Å². The summed E-state index contributed by atoms with van der Waals surface area (Å²) in [7, 11) is -3.43. The first kappa shape index (κ1) is 18.2. The Morgan fingerprint density at radius 1 is 1.21 bits per heavy atom. The normalized spacial score (nSPS) is 11.6. The zero-order valence-electron chi connectivity index (χ0n) is 13.9. The van der Waals surface area contributed by atoms with Crippen LogP contribution in [0.1, 0.15) is 24.7 Å². The van der Waals surface area contributed by atoms with Crippen molar-refractivity contribution in [2.24, 2.45) is 0 Å². The van der Waals surface area contributed by atoms with Crippen LogP contribution in [0.2, 0.25) is 0 Å². The lowest BCUT2D eigenvalue weighted by Gasteiger charge is -2.18. The lowest BCUT2D eigenvalue weighted by atomic mass is 10.1. The Balaban J connectivity index is 1.97. The van der Waals surface area contributed by atoms with Crippen molar-refractivity contribution in [3.8, 4) is 0 Å². The molecule has 130 valence electrons. The van der Waals surface area contributed by atoms with Crippen LogP contribution in [0.15, 0.2) is 47.1 Å². The van der Waals surface area contributed by atoms with Crippen molar-refractivity contribution in [2.45, 2.75) is 26.3 Å². The van der Waals surface area contributed by atoms with Crippen LogP contribution in [0.25, 0.3) is 0 Å². The maximum absolute atomic E-state index is 12.2. The monoisotopic (exact) mass is 350 g/mol. The number of hydrogen-bond donors (Lipinski definition) is 1. The summed E-state index contributed by atoms with van der Waals surface area (Å²) in [4.78, 5) is 12.2. The summed E-state index contributed by atoms with van der Waals surface area (Å²) in [5, 5.41) is 2.84. The number of furan rings is 1. The van der Waals surface area contributed by atoms with Crippen LogP contribution in [-0.4, -0.2) is 31.4 Å². The molecule has 0 atom stereocenters. The highest BCUT2D eigenvalue weighted by Crippen LogP contribution is 2.16. The third kappa shape index (κ3) is 5.21. The van der Waals surface area contributed by atoms with Crippen LogP contribution in [0.3, 0.4) is 0 Å². The van der Waals surface area contributed by atoms with E-state index in [0.29, 0.717) is 5.76 Å². The van der Waals surface area contributed by atoms with E-state index < -0.39 is 10.0 Å². The van der Waals surface area contributed by atoms with Crippen molar-refractivity contribution in [1.29, 1.82) is 0 Å². The number of aryl methyl sites for hydroxylation is 1. The molecule has 0 aliphatic carbocycles. The van der Waals surface area contributed by atoms with Gasteiger partial charge in [-0.15, -0.1) is 0 Å². The zero-order valence-corrected chi connectivity index (χ0v) is 14.7. The minimum atomic E-state index is -3.43. The highest BCUT2D eigenvalue weighted by Gasteiger charge is 2.19. The number of para-hydroxylation sites is 1. The smallest absolute Gasteiger partial charge is 0.225 e. The highest BCUT2D eigenvalue weighted by atomic mass is 32.2. The van der Waals surface area contributed by atoms with Crippen molar-refractivity contribution in [2.75, 3.05) is 18.1 Å². The van der Waals surface area contributed by atoms with E-state index in [9.17, 15) is 13.2 Å². The molecule has 6 nitrogen and oxygen atoms in total. The number of rotatable bonds is 8. The summed E-state index contributed by atoms with van der Waals surface area (Å²) >= 11 is 0. The van der Waals surface area contributed by atoms with Crippen molar-refractivity contribution in [1.82, 2.24) is 4.31 Å². The molecule has 24 heavy (non-hydrogen) atoms. The first-order chi connectivity index (χ1) is 11.4. The molecule has 1 aromatic heterocycles. The number of amides is 1. The number of hydrogen-bond acceptors (Lipinski definition) is 4. The molecular formula is C17H22N2O4S. The minimum Gasteiger partial charge on any atom is -0.468 e. The predicted molar refractivity (Wildman–Crippen MR) is 93.0 cm³/mol. The second kappa shape index (κ2) is 8.12. The van der Waals surface area contributed by atoms with Crippen LogP contribution in [-0.2, 0) is 27.8 Å². The Morgan fingerprint density at radius 2 is 1.96 bits per heavy atom. The number of anilines is 1. The zero-order chi connectivity index (χ0) is 17.6. The Morgan fingerprint density at radius 3 is 2.58 bits per heavy atom. The number of carbonyl (C=O) groups is 1. The number of nitrogens with zero attached hydrogens (tertiary/aromatic N) is 1. The predicted octanol–water partition coefficient (Wildman–Crippen LogP) is 2.63. The fourth-order valence-electron chi connectivity index (χ4n) is 2.33. The van der Waals surface area contributed by atoms with E-state index in [0.717, 1.165) is 23.9 Å². The van der Waals surface area contributed by atoms with Gasteiger partial charge in [-0.05, 0) is 30.2 Å². The van der Waals surface area contributed by atoms with E-state index in [1.807, 2.05) is 31.2 Å². The molecule has 0 unspecified atom stereocenters. The molecule has 1 amide bonds. The molecule has 0 saturated heterocycles. The molecule has 1 N–H and O–H groups in total. The summed E-state index contributed by atoms with van der Waals surface area (Å²) in [6, 6.07) is 11.0. The second-order valence-electron chi connectivity index (χ2n) is 5.48. The lowest BCUT2D eigenvalue weighted by Crippen LogP contribution is -2.32. The van der Waals surface area contributed by atoms with Crippen molar-refractivity contribution < 1.29 is 17.6 Å². The van der Waals surface area contributed by atoms with E-state index in [4.69, 9.17) is 4.42 Å². The summed E-state index contributed by atoms with van der Waals surface area (Å²) in [5.74, 6) is 0.321. The van der Waals surface area contributed by atoms with Gasteiger partial charge in [0, 0.05) is 18.7 Å². The third-order valence-electron chi connectivity index (χ3n) is 3.64. The topological polar surface area (TPSA) is 79.6 Å². The standard InChI is InChI=1S/C17H22N2O4S/c1-3-14-7-4-5-9-16(14)18-17(20)10-11-19(24(2,21)22)13-15-8-6-12-23-15/h4-9,12H,3,10-11,13H2,1-2H3,(H,18,20). The molecule has 7 heteroatoms. The molecule has 1 aromatic carbocycles. The van der Waals surface area contributed by atoms with Gasteiger partial charge in [0.15, 0.2) is 0 Å². The molecule has 0 aliphatic rings. The molecule has 2 aromatic rings. The Labute approximate surface area is 142 Å². The van der Waals surface area contributed by atoms with Gasteiger partial charge < -0.3 is 9.73 Å². The van der Waals surface area contributed by atoms with Crippen LogP contribution in [0, 0.1) is 0 Å². The molecule has 0 aliphatic heterocycles. The van der Waals surface area contributed by atoms with Gasteiger partial charge in [-0.25, -0.2) is 8.42 Å². The van der Waals surface area contributed by atoms with Gasteiger partial charge in [-0.2, -0.15) is 4.31 Å². The van der Waals surface area contributed by atoms with E-state index in [-0.39, 0.29) is 25.4 Å². The second-order valence-corrected chi connectivity index (χ2v) is 7.47. The first-order valence-corrected chi connectivity index (χ1v) is 9.60. The van der Waals surface area contributed by atoms with Gasteiger partial charge in [0.05, 0.1) is 19.1 Å². The third-order valence-corrected chi connectivity index (χ3v) is 4.89. The Kier molecular flexibility index (Phi) is 6.16. The van der Waals surface area contributed by atoms with Crippen LogP contribution in [0.5, 0.6) is 0 Å². The largest absolute Gasteiger partial charge is 0.468 e. The average Bonchev–Trinajstić information content (AvgIpc) is 3.04. The molecule has 0 saturated carbocycles. The van der Waals surface area contributed by atoms with Crippen LogP contribution >= 0.6 is 0 Å². The Bertz CT molecular complexity index is 770. The molecule has 0 radical (unpaired) electrons. The number of carbonyl (C=O) groups excluding carboxylic acids is 1. The number of benzene rings is 1. The van der Waals surface area contributed by atoms with E-state index in [1.165, 1.54) is 10.6 Å². The van der Waals surface area contributed by atoms with Crippen LogP contribution in [0.4, 0.5) is 5.69 Å². The summed E-state index contributed by atoms with van der Waals surface area (Å²) in [5.41, 5.74) is 1.81. The summed E-state index contributed by atoms with van der Waals surface area (Å²) in [6.07, 6.45) is 3.50. The molecule has 0 fully saturated rings. The van der Waals surface area contributed by atoms with Gasteiger partial charge >= 0.3 is 0 Å². The van der Waals surface area contributed by atoms with Gasteiger partial charge in [0.2, 0.25) is 15.9 Å². The number of nitrogens with one attached hydrogen (secondary N) is 1. The van der Waals surface area contributed by atoms with Gasteiger partial charge in [0.25, 0.3) is 0 Å². The molecule has 2 rings (SSSR count). The van der Waals surface area contributed by atoms with Crippen molar-refractivity contribution in [3.05, 3.63) is 54.0 Å². The molecule has 0 bridgehead atoms. The fraction of sp³-hybridized carbons (Fsp3) is 0.353. The highest BCUT2D eigenvalue weighted by molar-refractivity contribution is 7.88.